The van der Waals surface area contributed by atoms with Gasteiger partial charge in [0.25, 0.3) is 5.91 Å². The highest BCUT2D eigenvalue weighted by atomic mass is 16.5. The van der Waals surface area contributed by atoms with Crippen molar-refractivity contribution in [1.82, 2.24) is 10.6 Å². The van der Waals surface area contributed by atoms with Crippen LogP contribution in [0.4, 0.5) is 0 Å². The molecule has 0 bridgehead atoms. The zero-order valence-corrected chi connectivity index (χ0v) is 14.4. The van der Waals surface area contributed by atoms with Crippen LogP contribution in [0, 0.1) is 12.3 Å². The third-order valence-electron chi connectivity index (χ3n) is 3.96. The fourth-order valence-corrected chi connectivity index (χ4v) is 3.52. The van der Waals surface area contributed by atoms with Crippen molar-refractivity contribution in [3.8, 4) is 18.1 Å². The van der Waals surface area contributed by atoms with E-state index in [1.54, 1.807) is 24.3 Å². The van der Waals surface area contributed by atoms with Crippen LogP contribution < -0.4 is 15.4 Å². The average molecular weight is 314 g/mol. The molecule has 23 heavy (non-hydrogen) atoms. The van der Waals surface area contributed by atoms with Crippen LogP contribution in [-0.2, 0) is 0 Å². The normalized spacial score (nSPS) is 19.6. The molecule has 1 fully saturated rings. The minimum absolute atomic E-state index is 0.00657. The maximum Gasteiger partial charge on any atom is 0.251 e. The van der Waals surface area contributed by atoms with E-state index in [2.05, 4.69) is 44.2 Å². The van der Waals surface area contributed by atoms with Crippen LogP contribution in [0.25, 0.3) is 0 Å². The van der Waals surface area contributed by atoms with E-state index in [4.69, 9.17) is 11.2 Å². The van der Waals surface area contributed by atoms with E-state index in [0.717, 1.165) is 12.8 Å². The molecular weight excluding hydrogens is 288 g/mol. The van der Waals surface area contributed by atoms with Gasteiger partial charge in [-0.1, -0.05) is 5.92 Å². The Morgan fingerprint density at radius 3 is 2.35 bits per heavy atom. The second kappa shape index (κ2) is 6.64. The molecule has 1 heterocycles. The van der Waals surface area contributed by atoms with Gasteiger partial charge in [-0.2, -0.15) is 0 Å². The zero-order chi connectivity index (χ0) is 17.1. The van der Waals surface area contributed by atoms with Gasteiger partial charge < -0.3 is 15.4 Å². The molecule has 1 aliphatic rings. The summed E-state index contributed by atoms with van der Waals surface area (Å²) in [5.74, 6) is 3.04. The van der Waals surface area contributed by atoms with Crippen LogP contribution >= 0.6 is 0 Å². The van der Waals surface area contributed by atoms with Crippen molar-refractivity contribution in [3.05, 3.63) is 29.8 Å². The first-order chi connectivity index (χ1) is 10.7. The molecule has 0 aromatic heterocycles. The maximum atomic E-state index is 12.5. The van der Waals surface area contributed by atoms with Crippen molar-refractivity contribution in [2.45, 2.75) is 57.7 Å². The summed E-state index contributed by atoms with van der Waals surface area (Å²) in [6.07, 6.45) is 6.97. The monoisotopic (exact) mass is 314 g/mol. The number of piperidine rings is 1. The molecular formula is C19H26N2O2. The Morgan fingerprint density at radius 1 is 1.26 bits per heavy atom. The van der Waals surface area contributed by atoms with Crippen LogP contribution in [0.5, 0.6) is 5.75 Å². The fraction of sp³-hybridized carbons (Fsp3) is 0.526. The second-order valence-corrected chi connectivity index (χ2v) is 7.49. The first-order valence-electron chi connectivity index (χ1n) is 7.97. The van der Waals surface area contributed by atoms with Crippen molar-refractivity contribution in [2.75, 3.05) is 6.61 Å². The van der Waals surface area contributed by atoms with Gasteiger partial charge in [-0.25, -0.2) is 0 Å². The summed E-state index contributed by atoms with van der Waals surface area (Å²) in [6.45, 7) is 8.91. The van der Waals surface area contributed by atoms with Gasteiger partial charge in [-0.05, 0) is 64.8 Å². The van der Waals surface area contributed by atoms with E-state index in [0.29, 0.717) is 11.3 Å². The number of rotatable bonds is 4. The third-order valence-corrected chi connectivity index (χ3v) is 3.96. The number of carbonyl (C=O) groups is 1. The molecule has 0 aliphatic carbocycles. The molecule has 0 atom stereocenters. The third kappa shape index (κ3) is 5.01. The van der Waals surface area contributed by atoms with Gasteiger partial charge >= 0.3 is 0 Å². The molecule has 0 unspecified atom stereocenters. The molecule has 1 aromatic carbocycles. The van der Waals surface area contributed by atoms with Gasteiger partial charge in [-0.15, -0.1) is 6.42 Å². The molecule has 0 spiro atoms. The van der Waals surface area contributed by atoms with Gasteiger partial charge in [0.2, 0.25) is 0 Å². The van der Waals surface area contributed by atoms with Crippen molar-refractivity contribution in [2.24, 2.45) is 0 Å². The average Bonchev–Trinajstić information content (AvgIpc) is 2.42. The first kappa shape index (κ1) is 17.4. The number of nitrogens with one attached hydrogen (secondary N) is 2. The molecule has 1 amide bonds. The van der Waals surface area contributed by atoms with E-state index in [1.165, 1.54) is 0 Å². The lowest BCUT2D eigenvalue weighted by molar-refractivity contribution is 0.0873. The second-order valence-electron chi connectivity index (χ2n) is 7.49. The van der Waals surface area contributed by atoms with Crippen LogP contribution in [-0.4, -0.2) is 29.6 Å². The standard InChI is InChI=1S/C19H26N2O2/c1-6-11-23-16-9-7-14(8-10-16)17(22)20-15-12-18(2,3)21-19(4,5)13-15/h1,7-10,15,21H,11-13H2,2-5H3,(H,20,22). The van der Waals surface area contributed by atoms with Gasteiger partial charge in [0.15, 0.2) is 0 Å². The molecule has 2 rings (SSSR count). The lowest BCUT2D eigenvalue weighted by Crippen LogP contribution is -2.62. The summed E-state index contributed by atoms with van der Waals surface area (Å²) in [7, 11) is 0. The topological polar surface area (TPSA) is 50.4 Å². The highest BCUT2D eigenvalue weighted by Crippen LogP contribution is 2.28. The van der Waals surface area contributed by atoms with Crippen LogP contribution in [0.15, 0.2) is 24.3 Å². The highest BCUT2D eigenvalue weighted by Gasteiger charge is 2.38. The van der Waals surface area contributed by atoms with Gasteiger partial charge in [0.1, 0.15) is 12.4 Å². The summed E-state index contributed by atoms with van der Waals surface area (Å²) in [4.78, 5) is 12.5. The molecule has 4 nitrogen and oxygen atoms in total. The smallest absolute Gasteiger partial charge is 0.251 e. The SMILES string of the molecule is C#CCOc1ccc(C(=O)NC2CC(C)(C)NC(C)(C)C2)cc1. The predicted octanol–water partition coefficient (Wildman–Crippen LogP) is 2.74. The molecule has 2 N–H and O–H groups in total. The van der Waals surface area contributed by atoms with Crippen molar-refractivity contribution in [1.29, 1.82) is 0 Å². The van der Waals surface area contributed by atoms with E-state index in [-0.39, 0.29) is 29.6 Å². The number of terminal acetylenes is 1. The summed E-state index contributed by atoms with van der Waals surface area (Å²) < 4.78 is 5.32. The van der Waals surface area contributed by atoms with Crippen molar-refractivity contribution in [3.63, 3.8) is 0 Å². The summed E-state index contributed by atoms with van der Waals surface area (Å²) in [6, 6.07) is 7.22. The van der Waals surface area contributed by atoms with Crippen LogP contribution in [0.2, 0.25) is 0 Å². The Bertz CT molecular complexity index is 581. The number of amides is 1. The van der Waals surface area contributed by atoms with E-state index < -0.39 is 0 Å². The molecule has 1 aromatic rings. The van der Waals surface area contributed by atoms with Crippen molar-refractivity contribution >= 4 is 5.91 Å². The Kier molecular flexibility index (Phi) is 5.01. The predicted molar refractivity (Wildman–Crippen MR) is 92.6 cm³/mol. The van der Waals surface area contributed by atoms with E-state index in [1.807, 2.05) is 0 Å². The largest absolute Gasteiger partial charge is 0.481 e. The molecule has 1 aliphatic heterocycles. The Morgan fingerprint density at radius 2 is 1.83 bits per heavy atom. The minimum Gasteiger partial charge on any atom is -0.481 e. The molecule has 0 radical (unpaired) electrons. The van der Waals surface area contributed by atoms with E-state index >= 15 is 0 Å². The van der Waals surface area contributed by atoms with E-state index in [9.17, 15) is 4.79 Å². The van der Waals surface area contributed by atoms with Crippen LogP contribution in [0.1, 0.15) is 50.9 Å². The Balaban J connectivity index is 2.00. The molecule has 124 valence electrons. The summed E-state index contributed by atoms with van der Waals surface area (Å²) in [5, 5.41) is 6.77. The summed E-state index contributed by atoms with van der Waals surface area (Å²) >= 11 is 0. The highest BCUT2D eigenvalue weighted by molar-refractivity contribution is 5.94. The molecule has 4 heteroatoms. The zero-order valence-electron chi connectivity index (χ0n) is 14.4. The molecule has 1 saturated heterocycles. The fourth-order valence-electron chi connectivity index (χ4n) is 3.52. The minimum atomic E-state index is -0.0491. The summed E-state index contributed by atoms with van der Waals surface area (Å²) in [5.41, 5.74) is 0.645. The lowest BCUT2D eigenvalue weighted by Gasteiger charge is -2.46. The number of hydrogen-bond acceptors (Lipinski definition) is 3. The molecule has 0 saturated carbocycles. The Labute approximate surface area is 139 Å². The Hall–Kier alpha value is -1.99. The number of benzene rings is 1. The number of hydrogen-bond donors (Lipinski definition) is 2. The van der Waals surface area contributed by atoms with Gasteiger partial charge in [0.05, 0.1) is 0 Å². The van der Waals surface area contributed by atoms with Crippen LogP contribution in [0.3, 0.4) is 0 Å². The quantitative estimate of drug-likeness (QED) is 0.840. The van der Waals surface area contributed by atoms with Gasteiger partial charge in [0, 0.05) is 22.7 Å². The maximum absolute atomic E-state index is 12.5. The number of ether oxygens (including phenoxy) is 1. The van der Waals surface area contributed by atoms with Crippen molar-refractivity contribution < 1.29 is 9.53 Å². The van der Waals surface area contributed by atoms with Gasteiger partial charge in [-0.3, -0.25) is 4.79 Å². The lowest BCUT2D eigenvalue weighted by atomic mass is 9.79. The number of carbonyl (C=O) groups excluding carboxylic acids is 1. The first-order valence-corrected chi connectivity index (χ1v) is 7.97.